The van der Waals surface area contributed by atoms with Crippen molar-refractivity contribution in [1.82, 2.24) is 5.43 Å². The van der Waals surface area contributed by atoms with Crippen molar-refractivity contribution in [2.75, 3.05) is 25.6 Å². The molecule has 2 aromatic carbocycles. The van der Waals surface area contributed by atoms with E-state index in [0.717, 1.165) is 5.56 Å². The summed E-state index contributed by atoms with van der Waals surface area (Å²) < 4.78 is 15.5. The van der Waals surface area contributed by atoms with Crippen molar-refractivity contribution in [2.45, 2.75) is 13.8 Å². The van der Waals surface area contributed by atoms with Gasteiger partial charge in [-0.2, -0.15) is 5.10 Å². The molecule has 0 spiro atoms. The number of hydrazone groups is 1. The first kappa shape index (κ1) is 20.8. The molecular formula is C20H23N3O5. The molecule has 8 nitrogen and oxygen atoms in total. The maximum absolute atomic E-state index is 11.9. The van der Waals surface area contributed by atoms with Crippen molar-refractivity contribution in [3.63, 3.8) is 0 Å². The van der Waals surface area contributed by atoms with Crippen LogP contribution >= 0.6 is 0 Å². The number of carbonyl (C=O) groups excluding carboxylic acids is 2. The fraction of sp³-hybridized carbons (Fsp3) is 0.250. The fourth-order valence-corrected chi connectivity index (χ4v) is 2.25. The van der Waals surface area contributed by atoms with Crippen LogP contribution in [0.5, 0.6) is 11.5 Å². The number of amides is 2. The Morgan fingerprint density at radius 3 is 2.64 bits per heavy atom. The summed E-state index contributed by atoms with van der Waals surface area (Å²) in [6.07, 6.45) is 1.47. The predicted molar refractivity (Wildman–Crippen MR) is 106 cm³/mol. The van der Waals surface area contributed by atoms with Crippen LogP contribution in [0.4, 0.5) is 10.5 Å². The molecule has 2 aromatic rings. The van der Waals surface area contributed by atoms with Crippen LogP contribution in [0.3, 0.4) is 0 Å². The van der Waals surface area contributed by atoms with Gasteiger partial charge >= 0.3 is 12.0 Å². The Morgan fingerprint density at radius 2 is 1.93 bits per heavy atom. The monoisotopic (exact) mass is 385 g/mol. The van der Waals surface area contributed by atoms with Crippen molar-refractivity contribution >= 4 is 23.9 Å². The molecule has 2 rings (SSSR count). The molecule has 0 radical (unpaired) electrons. The second-order valence-electron chi connectivity index (χ2n) is 5.64. The Balaban J connectivity index is 1.93. The molecule has 0 aliphatic rings. The second kappa shape index (κ2) is 10.6. The smallest absolute Gasteiger partial charge is 0.344 e. The molecule has 148 valence electrons. The minimum atomic E-state index is -0.459. The van der Waals surface area contributed by atoms with Gasteiger partial charge in [0.05, 0.1) is 19.9 Å². The lowest BCUT2D eigenvalue weighted by molar-refractivity contribution is -0.145. The largest absolute Gasteiger partial charge is 0.493 e. The Bertz CT molecular complexity index is 851. The van der Waals surface area contributed by atoms with E-state index in [1.807, 2.05) is 25.1 Å². The van der Waals surface area contributed by atoms with Crippen molar-refractivity contribution < 1.29 is 23.8 Å². The SMILES string of the molecule is CCOC(=O)COc1ccc(C=NNC(=O)Nc2ccccc2C)cc1OC. The number of nitrogens with one attached hydrogen (secondary N) is 2. The van der Waals surface area contributed by atoms with Gasteiger partial charge in [0, 0.05) is 5.69 Å². The van der Waals surface area contributed by atoms with E-state index < -0.39 is 12.0 Å². The van der Waals surface area contributed by atoms with Crippen LogP contribution < -0.4 is 20.2 Å². The number of esters is 1. The molecule has 0 saturated carbocycles. The molecule has 0 aromatic heterocycles. The second-order valence-corrected chi connectivity index (χ2v) is 5.64. The third-order valence-electron chi connectivity index (χ3n) is 3.61. The van der Waals surface area contributed by atoms with Crippen LogP contribution in [-0.2, 0) is 9.53 Å². The molecule has 0 unspecified atom stereocenters. The average molecular weight is 385 g/mol. The Labute approximate surface area is 163 Å². The van der Waals surface area contributed by atoms with Gasteiger partial charge in [0.25, 0.3) is 0 Å². The molecule has 0 saturated heterocycles. The van der Waals surface area contributed by atoms with Gasteiger partial charge in [-0.25, -0.2) is 15.0 Å². The van der Waals surface area contributed by atoms with Crippen molar-refractivity contribution in [1.29, 1.82) is 0 Å². The quantitative estimate of drug-likeness (QED) is 0.413. The lowest BCUT2D eigenvalue weighted by Gasteiger charge is -2.10. The van der Waals surface area contributed by atoms with Gasteiger partial charge in [-0.3, -0.25) is 0 Å². The Hall–Kier alpha value is -3.55. The van der Waals surface area contributed by atoms with Gasteiger partial charge in [-0.15, -0.1) is 0 Å². The summed E-state index contributed by atoms with van der Waals surface area (Å²) in [5, 5.41) is 6.63. The molecule has 8 heteroatoms. The van der Waals surface area contributed by atoms with E-state index in [1.54, 1.807) is 31.2 Å². The maximum Gasteiger partial charge on any atom is 0.344 e. The van der Waals surface area contributed by atoms with E-state index in [2.05, 4.69) is 15.8 Å². The standard InChI is InChI=1S/C20H23N3O5/c1-4-27-19(24)13-28-17-10-9-15(11-18(17)26-3)12-21-23-20(25)22-16-8-6-5-7-14(16)2/h5-12H,4,13H2,1-3H3,(H2,22,23,25). The number of nitrogens with zero attached hydrogens (tertiary/aromatic N) is 1. The van der Waals surface area contributed by atoms with Crippen molar-refractivity contribution in [3.8, 4) is 11.5 Å². The maximum atomic E-state index is 11.9. The minimum absolute atomic E-state index is 0.210. The number of hydrogen-bond donors (Lipinski definition) is 2. The normalized spacial score (nSPS) is 10.4. The number of methoxy groups -OCH3 is 1. The summed E-state index contributed by atoms with van der Waals surface area (Å²) in [4.78, 5) is 23.3. The number of rotatable bonds is 8. The molecule has 28 heavy (non-hydrogen) atoms. The van der Waals surface area contributed by atoms with Crippen LogP contribution in [0.15, 0.2) is 47.6 Å². The number of aryl methyl sites for hydroxylation is 1. The van der Waals surface area contributed by atoms with E-state index in [9.17, 15) is 9.59 Å². The minimum Gasteiger partial charge on any atom is -0.493 e. The number of para-hydroxylation sites is 1. The number of anilines is 1. The summed E-state index contributed by atoms with van der Waals surface area (Å²) in [6.45, 7) is 3.70. The van der Waals surface area contributed by atoms with Gasteiger partial charge < -0.3 is 19.5 Å². The van der Waals surface area contributed by atoms with E-state index in [1.165, 1.54) is 13.3 Å². The molecule has 0 aliphatic carbocycles. The molecular weight excluding hydrogens is 362 g/mol. The third kappa shape index (κ3) is 6.31. The summed E-state index contributed by atoms with van der Waals surface area (Å²) >= 11 is 0. The van der Waals surface area contributed by atoms with Crippen LogP contribution in [-0.4, -0.2) is 38.5 Å². The molecule has 0 aliphatic heterocycles. The predicted octanol–water partition coefficient (Wildman–Crippen LogP) is 3.10. The summed E-state index contributed by atoms with van der Waals surface area (Å²) in [6, 6.07) is 12.0. The van der Waals surface area contributed by atoms with E-state index in [0.29, 0.717) is 29.4 Å². The topological polar surface area (TPSA) is 98.3 Å². The van der Waals surface area contributed by atoms with Gasteiger partial charge in [-0.05, 0) is 49.2 Å². The summed E-state index contributed by atoms with van der Waals surface area (Å²) in [5.74, 6) is 0.370. The highest BCUT2D eigenvalue weighted by molar-refractivity contribution is 5.91. The lowest BCUT2D eigenvalue weighted by Crippen LogP contribution is -2.24. The highest BCUT2D eigenvalue weighted by Crippen LogP contribution is 2.27. The Morgan fingerprint density at radius 1 is 1.14 bits per heavy atom. The zero-order valence-corrected chi connectivity index (χ0v) is 16.0. The van der Waals surface area contributed by atoms with Gasteiger partial charge in [0.2, 0.25) is 0 Å². The van der Waals surface area contributed by atoms with Gasteiger partial charge in [0.15, 0.2) is 18.1 Å². The molecule has 0 bridgehead atoms. The van der Waals surface area contributed by atoms with Gasteiger partial charge in [0.1, 0.15) is 0 Å². The Kier molecular flexibility index (Phi) is 7.83. The summed E-state index contributed by atoms with van der Waals surface area (Å²) in [7, 11) is 1.49. The molecule has 2 amide bonds. The number of benzene rings is 2. The van der Waals surface area contributed by atoms with Crippen LogP contribution in [0.1, 0.15) is 18.1 Å². The number of hydrogen-bond acceptors (Lipinski definition) is 6. The molecule has 0 heterocycles. The van der Waals surface area contributed by atoms with E-state index >= 15 is 0 Å². The van der Waals surface area contributed by atoms with Crippen LogP contribution in [0.25, 0.3) is 0 Å². The number of ether oxygens (including phenoxy) is 3. The van der Waals surface area contributed by atoms with Crippen LogP contribution in [0, 0.1) is 6.92 Å². The molecule has 2 N–H and O–H groups in total. The zero-order chi connectivity index (χ0) is 20.4. The molecule has 0 fully saturated rings. The third-order valence-corrected chi connectivity index (χ3v) is 3.61. The summed E-state index contributed by atoms with van der Waals surface area (Å²) in [5.41, 5.74) is 4.73. The zero-order valence-electron chi connectivity index (χ0n) is 16.0. The van der Waals surface area contributed by atoms with Crippen molar-refractivity contribution in [2.24, 2.45) is 5.10 Å². The molecule has 0 atom stereocenters. The lowest BCUT2D eigenvalue weighted by atomic mass is 10.2. The fourth-order valence-electron chi connectivity index (χ4n) is 2.25. The van der Waals surface area contributed by atoms with Gasteiger partial charge in [-0.1, -0.05) is 18.2 Å². The first-order chi connectivity index (χ1) is 13.5. The van der Waals surface area contributed by atoms with Crippen LogP contribution in [0.2, 0.25) is 0 Å². The first-order valence-electron chi connectivity index (χ1n) is 8.65. The van der Waals surface area contributed by atoms with E-state index in [4.69, 9.17) is 14.2 Å². The number of carbonyl (C=O) groups is 2. The van der Waals surface area contributed by atoms with Crippen molar-refractivity contribution in [3.05, 3.63) is 53.6 Å². The first-order valence-corrected chi connectivity index (χ1v) is 8.65. The highest BCUT2D eigenvalue weighted by atomic mass is 16.6. The highest BCUT2D eigenvalue weighted by Gasteiger charge is 2.09. The average Bonchev–Trinajstić information content (AvgIpc) is 2.68. The number of urea groups is 1. The van der Waals surface area contributed by atoms with E-state index in [-0.39, 0.29) is 6.61 Å².